The highest BCUT2D eigenvalue weighted by Crippen LogP contribution is 2.03. The molecular formula is C10H15N3O2. The number of nitrogens with zero attached hydrogens (tertiary/aromatic N) is 3. The van der Waals surface area contributed by atoms with E-state index in [-0.39, 0.29) is 0 Å². The molecule has 0 saturated heterocycles. The number of aromatic nitrogens is 2. The van der Waals surface area contributed by atoms with E-state index < -0.39 is 0 Å². The van der Waals surface area contributed by atoms with E-state index in [0.29, 0.717) is 44.2 Å². The van der Waals surface area contributed by atoms with Gasteiger partial charge < -0.3 is 9.26 Å². The van der Waals surface area contributed by atoms with Crippen molar-refractivity contribution >= 4 is 0 Å². The normalized spacial score (nSPS) is 10.1. The first kappa shape index (κ1) is 11.7. The summed E-state index contributed by atoms with van der Waals surface area (Å²) in [5.74, 6) is 1.28. The second-order valence-corrected chi connectivity index (χ2v) is 3.06. The molecule has 0 aliphatic heterocycles. The van der Waals surface area contributed by atoms with Crippen LogP contribution < -0.4 is 0 Å². The molecule has 0 aliphatic rings. The van der Waals surface area contributed by atoms with Gasteiger partial charge >= 0.3 is 0 Å². The molecule has 0 N–H and O–H groups in total. The Hall–Kier alpha value is -1.41. The molecule has 1 rings (SSSR count). The van der Waals surface area contributed by atoms with Gasteiger partial charge in [-0.3, -0.25) is 0 Å². The highest BCUT2D eigenvalue weighted by Gasteiger charge is 2.05. The molecule has 1 heterocycles. The van der Waals surface area contributed by atoms with Gasteiger partial charge in [0.05, 0.1) is 12.7 Å². The van der Waals surface area contributed by atoms with Gasteiger partial charge in [0, 0.05) is 25.9 Å². The fourth-order valence-electron chi connectivity index (χ4n) is 1.12. The van der Waals surface area contributed by atoms with Gasteiger partial charge in [0.2, 0.25) is 5.89 Å². The molecule has 5 nitrogen and oxygen atoms in total. The van der Waals surface area contributed by atoms with Crippen molar-refractivity contribution in [3.05, 3.63) is 11.7 Å². The van der Waals surface area contributed by atoms with E-state index in [9.17, 15) is 0 Å². The molecule has 0 amide bonds. The fourth-order valence-corrected chi connectivity index (χ4v) is 1.12. The lowest BCUT2D eigenvalue weighted by Crippen LogP contribution is -1.99. The number of ether oxygens (including phenoxy) is 1. The van der Waals surface area contributed by atoms with E-state index in [1.54, 1.807) is 0 Å². The van der Waals surface area contributed by atoms with Crippen molar-refractivity contribution in [1.82, 2.24) is 10.1 Å². The van der Waals surface area contributed by atoms with Crippen LogP contribution in [0.15, 0.2) is 4.52 Å². The Labute approximate surface area is 89.0 Å². The molecule has 1 aromatic heterocycles. The van der Waals surface area contributed by atoms with Gasteiger partial charge in [-0.1, -0.05) is 5.16 Å². The zero-order chi connectivity index (χ0) is 10.9. The Kier molecular flexibility index (Phi) is 5.41. The Morgan fingerprint density at radius 2 is 2.33 bits per heavy atom. The number of rotatable bonds is 7. The van der Waals surface area contributed by atoms with Gasteiger partial charge in [0.1, 0.15) is 0 Å². The van der Waals surface area contributed by atoms with Crippen molar-refractivity contribution in [2.45, 2.75) is 32.6 Å². The molecule has 82 valence electrons. The first-order valence-electron chi connectivity index (χ1n) is 5.13. The second-order valence-electron chi connectivity index (χ2n) is 3.06. The number of unbranched alkanes of at least 4 members (excludes halogenated alkanes) is 1. The molecular weight excluding hydrogens is 194 g/mol. The van der Waals surface area contributed by atoms with Gasteiger partial charge in [-0.2, -0.15) is 10.2 Å². The molecule has 0 atom stereocenters. The summed E-state index contributed by atoms with van der Waals surface area (Å²) in [5, 5.41) is 12.2. The Balaban J connectivity index is 2.26. The van der Waals surface area contributed by atoms with E-state index >= 15 is 0 Å². The molecule has 5 heteroatoms. The Morgan fingerprint density at radius 3 is 3.07 bits per heavy atom. The third-order valence-corrected chi connectivity index (χ3v) is 1.86. The van der Waals surface area contributed by atoms with Crippen LogP contribution in [0.4, 0.5) is 0 Å². The smallest absolute Gasteiger partial charge is 0.226 e. The van der Waals surface area contributed by atoms with Crippen molar-refractivity contribution in [3.63, 3.8) is 0 Å². The second kappa shape index (κ2) is 6.96. The zero-order valence-electron chi connectivity index (χ0n) is 8.90. The zero-order valence-corrected chi connectivity index (χ0v) is 8.90. The number of hydrogen-bond donors (Lipinski definition) is 0. The van der Waals surface area contributed by atoms with Crippen LogP contribution in [-0.2, 0) is 17.6 Å². The highest BCUT2D eigenvalue weighted by atomic mass is 16.5. The number of hydrogen-bond acceptors (Lipinski definition) is 5. The van der Waals surface area contributed by atoms with E-state index in [1.165, 1.54) is 0 Å². The average molecular weight is 209 g/mol. The van der Waals surface area contributed by atoms with Gasteiger partial charge in [-0.05, 0) is 13.3 Å². The van der Waals surface area contributed by atoms with Crippen molar-refractivity contribution in [1.29, 1.82) is 5.26 Å². The molecule has 0 unspecified atom stereocenters. The summed E-state index contributed by atoms with van der Waals surface area (Å²) in [6.45, 7) is 3.27. The summed E-state index contributed by atoms with van der Waals surface area (Å²) in [7, 11) is 0. The predicted octanol–water partition coefficient (Wildman–Crippen LogP) is 1.49. The number of aryl methyl sites for hydroxylation is 1. The maximum absolute atomic E-state index is 8.36. The lowest BCUT2D eigenvalue weighted by Gasteiger charge is -1.94. The first-order valence-corrected chi connectivity index (χ1v) is 5.13. The summed E-state index contributed by atoms with van der Waals surface area (Å²) in [6, 6.07) is 2.08. The minimum Gasteiger partial charge on any atom is -0.381 e. The molecule has 0 spiro atoms. The quantitative estimate of drug-likeness (QED) is 0.636. The van der Waals surface area contributed by atoms with Gasteiger partial charge in [0.15, 0.2) is 5.82 Å². The lowest BCUT2D eigenvalue weighted by atomic mass is 10.2. The van der Waals surface area contributed by atoms with E-state index in [1.807, 2.05) is 6.92 Å². The van der Waals surface area contributed by atoms with Gasteiger partial charge in [0.25, 0.3) is 0 Å². The monoisotopic (exact) mass is 209 g/mol. The summed E-state index contributed by atoms with van der Waals surface area (Å²) in [6.07, 6.45) is 2.64. The third kappa shape index (κ3) is 4.56. The molecule has 0 radical (unpaired) electrons. The van der Waals surface area contributed by atoms with Crippen LogP contribution >= 0.6 is 0 Å². The molecule has 0 aromatic carbocycles. The van der Waals surface area contributed by atoms with Crippen LogP contribution in [0.5, 0.6) is 0 Å². The average Bonchev–Trinajstić information content (AvgIpc) is 2.67. The fraction of sp³-hybridized carbons (Fsp3) is 0.700. The maximum Gasteiger partial charge on any atom is 0.226 e. The van der Waals surface area contributed by atoms with Crippen LogP contribution in [0.2, 0.25) is 0 Å². The Morgan fingerprint density at radius 1 is 1.47 bits per heavy atom. The molecule has 0 saturated carbocycles. The standard InChI is InChI=1S/C10H15N3O2/c1-2-14-8-6-9-12-10(15-13-9)5-3-4-7-11/h2-6,8H2,1H3. The number of nitriles is 1. The van der Waals surface area contributed by atoms with Crippen LogP contribution in [0.1, 0.15) is 31.5 Å². The molecule has 15 heavy (non-hydrogen) atoms. The highest BCUT2D eigenvalue weighted by molar-refractivity contribution is 4.87. The summed E-state index contributed by atoms with van der Waals surface area (Å²) in [5.41, 5.74) is 0. The first-order chi connectivity index (χ1) is 7.36. The largest absolute Gasteiger partial charge is 0.381 e. The Bertz CT molecular complexity index is 317. The summed E-state index contributed by atoms with van der Waals surface area (Å²) >= 11 is 0. The third-order valence-electron chi connectivity index (χ3n) is 1.86. The van der Waals surface area contributed by atoms with E-state index in [0.717, 1.165) is 6.42 Å². The molecule has 0 fully saturated rings. The summed E-state index contributed by atoms with van der Waals surface area (Å²) in [4.78, 5) is 4.19. The predicted molar refractivity (Wildman–Crippen MR) is 53.0 cm³/mol. The van der Waals surface area contributed by atoms with E-state index in [2.05, 4.69) is 16.2 Å². The molecule has 0 bridgehead atoms. The maximum atomic E-state index is 8.36. The van der Waals surface area contributed by atoms with E-state index in [4.69, 9.17) is 14.5 Å². The van der Waals surface area contributed by atoms with Gasteiger partial charge in [-0.15, -0.1) is 0 Å². The minimum absolute atomic E-state index is 0.524. The summed E-state index contributed by atoms with van der Waals surface area (Å²) < 4.78 is 10.2. The topological polar surface area (TPSA) is 71.9 Å². The molecule has 1 aromatic rings. The van der Waals surface area contributed by atoms with Crippen LogP contribution in [0.3, 0.4) is 0 Å². The molecule has 0 aliphatic carbocycles. The van der Waals surface area contributed by atoms with Crippen molar-refractivity contribution in [2.75, 3.05) is 13.2 Å². The van der Waals surface area contributed by atoms with Gasteiger partial charge in [-0.25, -0.2) is 0 Å². The van der Waals surface area contributed by atoms with Crippen LogP contribution in [0.25, 0.3) is 0 Å². The van der Waals surface area contributed by atoms with Crippen molar-refractivity contribution < 1.29 is 9.26 Å². The van der Waals surface area contributed by atoms with Crippen LogP contribution in [0, 0.1) is 11.3 Å². The van der Waals surface area contributed by atoms with Crippen molar-refractivity contribution in [2.24, 2.45) is 0 Å². The minimum atomic E-state index is 0.524. The van der Waals surface area contributed by atoms with Crippen LogP contribution in [-0.4, -0.2) is 23.4 Å². The SMILES string of the molecule is CCOCCc1noc(CCCC#N)n1. The van der Waals surface area contributed by atoms with Crippen molar-refractivity contribution in [3.8, 4) is 6.07 Å². The lowest BCUT2D eigenvalue weighted by molar-refractivity contribution is 0.149.